The first kappa shape index (κ1) is 6.42. The maximum Gasteiger partial charge on any atom is 0.142 e. The van der Waals surface area contributed by atoms with E-state index < -0.39 is 0 Å². The Morgan fingerprint density at radius 1 is 1.22 bits per heavy atom. The Balaban J connectivity index is 2.59. The van der Waals surface area contributed by atoms with Gasteiger partial charge >= 0.3 is 0 Å². The maximum atomic E-state index is 5.56. The average Bonchev–Trinajstić information content (AvgIpc) is 1.89. The van der Waals surface area contributed by atoms with Crippen molar-refractivity contribution in [1.82, 2.24) is 0 Å². The van der Waals surface area contributed by atoms with E-state index in [0.717, 1.165) is 30.7 Å². The van der Waals surface area contributed by atoms with Gasteiger partial charge in [-0.1, -0.05) is 0 Å². The monoisotopic (exact) mass is 128 g/mol. The molecule has 0 aromatic heterocycles. The van der Waals surface area contributed by atoms with Crippen LogP contribution in [-0.4, -0.2) is 0 Å². The van der Waals surface area contributed by atoms with Gasteiger partial charge in [-0.15, -0.1) is 0 Å². The van der Waals surface area contributed by atoms with E-state index in [-0.39, 0.29) is 0 Å². The first-order chi connectivity index (χ1) is 4.34. The quantitative estimate of drug-likeness (QED) is 0.509. The molecule has 0 saturated carbocycles. The Bertz CT molecular complexity index is 131. The lowest BCUT2D eigenvalue weighted by Crippen LogP contribution is -2.12. The van der Waals surface area contributed by atoms with E-state index in [9.17, 15) is 0 Å². The Morgan fingerprint density at radius 3 is 2.33 bits per heavy atom. The summed E-state index contributed by atoms with van der Waals surface area (Å²) in [5.74, 6) is 5.73. The number of hydrogen-bond donors (Lipinski definition) is 2. The van der Waals surface area contributed by atoms with Gasteiger partial charge in [-0.25, -0.2) is 0 Å². The fraction of sp³-hybridized carbons (Fsp3) is 0.667. The molecule has 0 amide bonds. The zero-order chi connectivity index (χ0) is 6.69. The standard InChI is InChI=1S/C6H12N2O/c7-5-3-1-2-4-6(5)9-8/h1-4,7-8H2. The van der Waals surface area contributed by atoms with Gasteiger partial charge in [0, 0.05) is 12.1 Å². The molecule has 0 atom stereocenters. The first-order valence-electron chi connectivity index (χ1n) is 3.19. The summed E-state index contributed by atoms with van der Waals surface area (Å²) in [5, 5.41) is 0. The molecule has 1 rings (SSSR count). The summed E-state index contributed by atoms with van der Waals surface area (Å²) in [6, 6.07) is 0. The fourth-order valence-corrected chi connectivity index (χ4v) is 1.04. The Hall–Kier alpha value is -0.700. The highest BCUT2D eigenvalue weighted by Gasteiger charge is 2.09. The molecule has 0 unspecified atom stereocenters. The van der Waals surface area contributed by atoms with E-state index >= 15 is 0 Å². The predicted octanol–water partition coefficient (Wildman–Crippen LogP) is 0.621. The van der Waals surface area contributed by atoms with Crippen molar-refractivity contribution in [3.63, 3.8) is 0 Å². The Morgan fingerprint density at radius 2 is 1.89 bits per heavy atom. The molecule has 0 aromatic carbocycles. The zero-order valence-corrected chi connectivity index (χ0v) is 5.39. The molecule has 0 radical (unpaired) electrons. The molecular formula is C6H12N2O. The summed E-state index contributed by atoms with van der Waals surface area (Å²) < 4.78 is 0. The van der Waals surface area contributed by atoms with Crippen LogP contribution in [0.4, 0.5) is 0 Å². The summed E-state index contributed by atoms with van der Waals surface area (Å²) in [6.45, 7) is 0. The van der Waals surface area contributed by atoms with E-state index in [0.29, 0.717) is 0 Å². The van der Waals surface area contributed by atoms with Gasteiger partial charge in [-0.3, -0.25) is 0 Å². The summed E-state index contributed by atoms with van der Waals surface area (Å²) in [4.78, 5) is 4.56. The van der Waals surface area contributed by atoms with Gasteiger partial charge in [0.05, 0.1) is 0 Å². The molecule has 9 heavy (non-hydrogen) atoms. The number of rotatable bonds is 1. The van der Waals surface area contributed by atoms with Crippen molar-refractivity contribution in [3.05, 3.63) is 11.5 Å². The molecule has 52 valence electrons. The number of nitrogens with two attached hydrogens (primary N) is 2. The molecule has 3 heteroatoms. The minimum Gasteiger partial charge on any atom is -0.414 e. The minimum atomic E-state index is 0.779. The third kappa shape index (κ3) is 1.36. The minimum absolute atomic E-state index is 0.779. The van der Waals surface area contributed by atoms with Crippen LogP contribution in [0.1, 0.15) is 25.7 Å². The first-order valence-corrected chi connectivity index (χ1v) is 3.19. The Kier molecular flexibility index (Phi) is 1.95. The largest absolute Gasteiger partial charge is 0.414 e. The summed E-state index contributed by atoms with van der Waals surface area (Å²) in [6.07, 6.45) is 4.15. The van der Waals surface area contributed by atoms with Crippen molar-refractivity contribution >= 4 is 0 Å². The smallest absolute Gasteiger partial charge is 0.142 e. The van der Waals surface area contributed by atoms with Gasteiger partial charge in [0.1, 0.15) is 5.76 Å². The molecular weight excluding hydrogens is 116 g/mol. The topological polar surface area (TPSA) is 61.3 Å². The average molecular weight is 128 g/mol. The molecule has 3 nitrogen and oxygen atoms in total. The molecule has 0 aromatic rings. The number of allylic oxidation sites excluding steroid dienone is 2. The summed E-state index contributed by atoms with van der Waals surface area (Å²) in [5.41, 5.74) is 6.39. The van der Waals surface area contributed by atoms with Crippen molar-refractivity contribution < 1.29 is 4.84 Å². The van der Waals surface area contributed by atoms with E-state index in [1.165, 1.54) is 6.42 Å². The molecule has 1 aliphatic rings. The van der Waals surface area contributed by atoms with Crippen LogP contribution in [0.5, 0.6) is 0 Å². The van der Waals surface area contributed by atoms with Crippen molar-refractivity contribution in [2.75, 3.05) is 0 Å². The highest BCUT2D eigenvalue weighted by atomic mass is 16.6. The van der Waals surface area contributed by atoms with E-state index in [2.05, 4.69) is 4.84 Å². The van der Waals surface area contributed by atoms with Gasteiger partial charge in [0.2, 0.25) is 0 Å². The fourth-order valence-electron chi connectivity index (χ4n) is 1.04. The van der Waals surface area contributed by atoms with Crippen molar-refractivity contribution in [3.8, 4) is 0 Å². The summed E-state index contributed by atoms with van der Waals surface area (Å²) >= 11 is 0. The molecule has 0 saturated heterocycles. The lowest BCUT2D eigenvalue weighted by atomic mass is 10.0. The van der Waals surface area contributed by atoms with Gasteiger partial charge in [0.15, 0.2) is 0 Å². The predicted molar refractivity (Wildman–Crippen MR) is 35.0 cm³/mol. The molecule has 0 aliphatic heterocycles. The normalized spacial score (nSPS) is 20.1. The van der Waals surface area contributed by atoms with E-state index in [1.54, 1.807) is 0 Å². The van der Waals surface area contributed by atoms with Crippen LogP contribution in [0.2, 0.25) is 0 Å². The molecule has 1 aliphatic carbocycles. The van der Waals surface area contributed by atoms with Gasteiger partial charge in [-0.2, -0.15) is 5.90 Å². The lowest BCUT2D eigenvalue weighted by Gasteiger charge is -2.13. The van der Waals surface area contributed by atoms with Crippen molar-refractivity contribution in [1.29, 1.82) is 0 Å². The maximum absolute atomic E-state index is 5.56. The van der Waals surface area contributed by atoms with Crippen LogP contribution in [0.25, 0.3) is 0 Å². The van der Waals surface area contributed by atoms with Gasteiger partial charge < -0.3 is 10.6 Å². The lowest BCUT2D eigenvalue weighted by molar-refractivity contribution is 0.197. The summed E-state index contributed by atoms with van der Waals surface area (Å²) in [7, 11) is 0. The van der Waals surface area contributed by atoms with Crippen LogP contribution in [0.15, 0.2) is 11.5 Å². The second-order valence-electron chi connectivity index (χ2n) is 2.27. The SMILES string of the molecule is NOC1=C(N)CCCC1. The molecule has 0 spiro atoms. The van der Waals surface area contributed by atoms with E-state index in [1.807, 2.05) is 0 Å². The second-order valence-corrected chi connectivity index (χ2v) is 2.27. The van der Waals surface area contributed by atoms with Crippen molar-refractivity contribution in [2.24, 2.45) is 11.6 Å². The molecule has 4 N–H and O–H groups in total. The number of hydrogen-bond acceptors (Lipinski definition) is 3. The third-order valence-corrected chi connectivity index (χ3v) is 1.60. The third-order valence-electron chi connectivity index (χ3n) is 1.60. The highest BCUT2D eigenvalue weighted by Crippen LogP contribution is 2.20. The molecule has 0 fully saturated rings. The van der Waals surface area contributed by atoms with Gasteiger partial charge in [-0.05, 0) is 19.3 Å². The second kappa shape index (κ2) is 2.73. The van der Waals surface area contributed by atoms with Crippen LogP contribution in [0, 0.1) is 0 Å². The highest BCUT2D eigenvalue weighted by molar-refractivity contribution is 5.06. The zero-order valence-electron chi connectivity index (χ0n) is 5.39. The molecule has 0 bridgehead atoms. The van der Waals surface area contributed by atoms with E-state index in [4.69, 9.17) is 11.6 Å². The van der Waals surface area contributed by atoms with Crippen LogP contribution in [0.3, 0.4) is 0 Å². The van der Waals surface area contributed by atoms with Crippen LogP contribution >= 0.6 is 0 Å². The van der Waals surface area contributed by atoms with Crippen LogP contribution < -0.4 is 11.6 Å². The van der Waals surface area contributed by atoms with Gasteiger partial charge in [0.25, 0.3) is 0 Å². The van der Waals surface area contributed by atoms with Crippen molar-refractivity contribution in [2.45, 2.75) is 25.7 Å². The molecule has 0 heterocycles. The van der Waals surface area contributed by atoms with Crippen LogP contribution in [-0.2, 0) is 4.84 Å². The Labute approximate surface area is 54.6 Å².